The first kappa shape index (κ1) is 15.9. The van der Waals surface area contributed by atoms with Gasteiger partial charge in [0.05, 0.1) is 0 Å². The fourth-order valence-corrected chi connectivity index (χ4v) is 3.26. The number of hydrogen-bond acceptors (Lipinski definition) is 5. The number of nitrogens with zero attached hydrogens (tertiary/aromatic N) is 3. The van der Waals surface area contributed by atoms with E-state index in [1.165, 1.54) is 17.5 Å². The van der Waals surface area contributed by atoms with Gasteiger partial charge in [-0.05, 0) is 41.8 Å². The second-order valence-electron chi connectivity index (χ2n) is 5.91. The zero-order valence-electron chi connectivity index (χ0n) is 13.5. The quantitative estimate of drug-likeness (QED) is 0.719. The number of aromatic nitrogens is 2. The minimum Gasteiger partial charge on any atom is -0.437 e. The number of rotatable bonds is 3. The summed E-state index contributed by atoms with van der Waals surface area (Å²) >= 11 is 3.41. The van der Waals surface area contributed by atoms with Gasteiger partial charge in [0.25, 0.3) is 0 Å². The van der Waals surface area contributed by atoms with Crippen LogP contribution in [0.3, 0.4) is 0 Å². The monoisotopic (exact) mass is 396 g/mol. The zero-order chi connectivity index (χ0) is 17.2. The molecule has 5 nitrogen and oxygen atoms in total. The van der Waals surface area contributed by atoms with Crippen molar-refractivity contribution in [2.24, 2.45) is 0 Å². The molecule has 0 saturated carbocycles. The lowest BCUT2D eigenvalue weighted by Gasteiger charge is -2.30. The van der Waals surface area contributed by atoms with E-state index >= 15 is 0 Å². The number of nitrogens with two attached hydrogens (primary N) is 1. The first-order valence-electron chi connectivity index (χ1n) is 8.06. The molecule has 0 spiro atoms. The van der Waals surface area contributed by atoms with Gasteiger partial charge in [0.2, 0.25) is 5.88 Å². The maximum Gasteiger partial charge on any atom is 0.248 e. The minimum absolute atomic E-state index is 0.381. The smallest absolute Gasteiger partial charge is 0.248 e. The topological polar surface area (TPSA) is 64.3 Å². The van der Waals surface area contributed by atoms with E-state index in [-0.39, 0.29) is 0 Å². The van der Waals surface area contributed by atoms with Crippen LogP contribution in [0.2, 0.25) is 0 Å². The highest BCUT2D eigenvalue weighted by atomic mass is 79.9. The van der Waals surface area contributed by atoms with Gasteiger partial charge in [0.1, 0.15) is 17.8 Å². The molecule has 0 saturated heterocycles. The summed E-state index contributed by atoms with van der Waals surface area (Å²) in [5, 5.41) is 0. The van der Waals surface area contributed by atoms with Gasteiger partial charge in [-0.15, -0.1) is 0 Å². The van der Waals surface area contributed by atoms with Crippen LogP contribution in [0, 0.1) is 0 Å². The SMILES string of the molecule is Nc1c(Oc2ccc(Br)cc2)ncnc1N1CCc2ccccc2C1. The molecule has 1 aliphatic rings. The number of halogens is 1. The van der Waals surface area contributed by atoms with E-state index in [0.717, 1.165) is 29.8 Å². The van der Waals surface area contributed by atoms with Gasteiger partial charge in [-0.2, -0.15) is 4.98 Å². The van der Waals surface area contributed by atoms with Crippen molar-refractivity contribution in [3.63, 3.8) is 0 Å². The zero-order valence-corrected chi connectivity index (χ0v) is 15.1. The van der Waals surface area contributed by atoms with E-state index in [1.807, 2.05) is 24.3 Å². The van der Waals surface area contributed by atoms with Gasteiger partial charge in [-0.1, -0.05) is 40.2 Å². The first-order chi connectivity index (χ1) is 12.2. The average molecular weight is 397 g/mol. The predicted molar refractivity (Wildman–Crippen MR) is 102 cm³/mol. The molecule has 1 aliphatic heterocycles. The van der Waals surface area contributed by atoms with Gasteiger partial charge in [0, 0.05) is 17.6 Å². The molecule has 126 valence electrons. The van der Waals surface area contributed by atoms with Crippen LogP contribution < -0.4 is 15.4 Å². The molecule has 0 amide bonds. The molecule has 3 aromatic rings. The molecule has 0 unspecified atom stereocenters. The van der Waals surface area contributed by atoms with Crippen molar-refractivity contribution in [1.29, 1.82) is 0 Å². The maximum atomic E-state index is 6.31. The van der Waals surface area contributed by atoms with Crippen molar-refractivity contribution < 1.29 is 4.74 Å². The Kier molecular flexibility index (Phi) is 4.28. The summed E-state index contributed by atoms with van der Waals surface area (Å²) in [4.78, 5) is 10.8. The van der Waals surface area contributed by atoms with Crippen LogP contribution in [-0.4, -0.2) is 16.5 Å². The molecule has 1 aromatic heterocycles. The summed E-state index contributed by atoms with van der Waals surface area (Å²) in [6.07, 6.45) is 2.48. The van der Waals surface area contributed by atoms with Gasteiger partial charge in [-0.25, -0.2) is 4.98 Å². The third kappa shape index (κ3) is 3.30. The van der Waals surface area contributed by atoms with Crippen LogP contribution >= 0.6 is 15.9 Å². The molecule has 2 aromatic carbocycles. The fraction of sp³-hybridized carbons (Fsp3) is 0.158. The normalized spacial score (nSPS) is 13.4. The lowest BCUT2D eigenvalue weighted by atomic mass is 10.00. The van der Waals surface area contributed by atoms with Crippen molar-refractivity contribution in [2.45, 2.75) is 13.0 Å². The Morgan fingerprint density at radius 3 is 2.56 bits per heavy atom. The molecule has 25 heavy (non-hydrogen) atoms. The third-order valence-electron chi connectivity index (χ3n) is 4.28. The van der Waals surface area contributed by atoms with Crippen molar-refractivity contribution in [3.05, 3.63) is 70.5 Å². The first-order valence-corrected chi connectivity index (χ1v) is 8.85. The molecule has 2 heterocycles. The molecule has 0 bridgehead atoms. The van der Waals surface area contributed by atoms with Crippen molar-refractivity contribution in [1.82, 2.24) is 9.97 Å². The number of nitrogen functional groups attached to an aromatic ring is 1. The van der Waals surface area contributed by atoms with E-state index in [2.05, 4.69) is 55.1 Å². The van der Waals surface area contributed by atoms with E-state index in [1.54, 1.807) is 0 Å². The molecular formula is C19H17BrN4O. The summed E-state index contributed by atoms with van der Waals surface area (Å²) < 4.78 is 6.83. The molecule has 0 aliphatic carbocycles. The average Bonchev–Trinajstić information content (AvgIpc) is 2.65. The van der Waals surface area contributed by atoms with Crippen molar-refractivity contribution in [3.8, 4) is 11.6 Å². The van der Waals surface area contributed by atoms with Crippen LogP contribution in [0.25, 0.3) is 0 Å². The summed E-state index contributed by atoms with van der Waals surface area (Å²) in [6.45, 7) is 1.66. The molecule has 0 radical (unpaired) electrons. The Bertz CT molecular complexity index is 898. The number of hydrogen-bond donors (Lipinski definition) is 1. The van der Waals surface area contributed by atoms with Crippen molar-refractivity contribution in [2.75, 3.05) is 17.2 Å². The summed E-state index contributed by atoms with van der Waals surface area (Å²) in [6, 6.07) is 16.0. The van der Waals surface area contributed by atoms with Gasteiger partial charge in [-0.3, -0.25) is 0 Å². The number of anilines is 2. The van der Waals surface area contributed by atoms with Gasteiger partial charge in [0.15, 0.2) is 5.82 Å². The van der Waals surface area contributed by atoms with Crippen LogP contribution in [-0.2, 0) is 13.0 Å². The second kappa shape index (κ2) is 6.72. The number of benzene rings is 2. The molecule has 4 rings (SSSR count). The lowest BCUT2D eigenvalue weighted by molar-refractivity contribution is 0.464. The molecule has 2 N–H and O–H groups in total. The van der Waals surface area contributed by atoms with E-state index in [9.17, 15) is 0 Å². The van der Waals surface area contributed by atoms with Crippen molar-refractivity contribution >= 4 is 27.4 Å². The summed E-state index contributed by atoms with van der Waals surface area (Å²) in [5.74, 6) is 1.78. The molecular weight excluding hydrogens is 380 g/mol. The highest BCUT2D eigenvalue weighted by molar-refractivity contribution is 9.10. The van der Waals surface area contributed by atoms with E-state index in [4.69, 9.17) is 10.5 Å². The Morgan fingerprint density at radius 2 is 1.76 bits per heavy atom. The highest BCUT2D eigenvalue weighted by Crippen LogP contribution is 2.34. The summed E-state index contributed by atoms with van der Waals surface area (Å²) in [7, 11) is 0. The Balaban J connectivity index is 1.60. The second-order valence-corrected chi connectivity index (χ2v) is 6.83. The highest BCUT2D eigenvalue weighted by Gasteiger charge is 2.21. The molecule has 0 atom stereocenters. The minimum atomic E-state index is 0.381. The van der Waals surface area contributed by atoms with Crippen LogP contribution in [0.4, 0.5) is 11.5 Å². The summed E-state index contributed by atoms with van der Waals surface area (Å²) in [5.41, 5.74) is 9.47. The standard InChI is InChI=1S/C19H17BrN4O/c20-15-5-7-16(8-6-15)25-19-17(21)18(22-12-23-19)24-10-9-13-3-1-2-4-14(13)11-24/h1-8,12H,9-11,21H2. The Hall–Kier alpha value is -2.60. The largest absolute Gasteiger partial charge is 0.437 e. The Labute approximate surface area is 154 Å². The molecule has 6 heteroatoms. The fourth-order valence-electron chi connectivity index (χ4n) is 2.99. The van der Waals surface area contributed by atoms with Gasteiger partial charge >= 0.3 is 0 Å². The number of fused-ring (bicyclic) bond motifs is 1. The van der Waals surface area contributed by atoms with Gasteiger partial charge < -0.3 is 15.4 Å². The van der Waals surface area contributed by atoms with E-state index in [0.29, 0.717) is 17.3 Å². The lowest BCUT2D eigenvalue weighted by Crippen LogP contribution is -2.31. The predicted octanol–water partition coefficient (Wildman–Crippen LogP) is 4.18. The van der Waals surface area contributed by atoms with Crippen LogP contribution in [0.5, 0.6) is 11.6 Å². The van der Waals surface area contributed by atoms with E-state index < -0.39 is 0 Å². The maximum absolute atomic E-state index is 6.31. The van der Waals surface area contributed by atoms with Crippen LogP contribution in [0.15, 0.2) is 59.3 Å². The third-order valence-corrected chi connectivity index (χ3v) is 4.81. The Morgan fingerprint density at radius 1 is 1.00 bits per heavy atom. The van der Waals surface area contributed by atoms with Crippen LogP contribution in [0.1, 0.15) is 11.1 Å². The number of ether oxygens (including phenoxy) is 1. The molecule has 0 fully saturated rings.